The van der Waals surface area contributed by atoms with E-state index in [0.29, 0.717) is 24.5 Å². The summed E-state index contributed by atoms with van der Waals surface area (Å²) in [4.78, 5) is 13.7. The van der Waals surface area contributed by atoms with Crippen LogP contribution >= 0.6 is 0 Å². The third-order valence-electron chi connectivity index (χ3n) is 3.16. The number of hydrogen-bond acceptors (Lipinski definition) is 2. The molecule has 0 radical (unpaired) electrons. The van der Waals surface area contributed by atoms with E-state index in [9.17, 15) is 4.79 Å². The van der Waals surface area contributed by atoms with Crippen LogP contribution < -0.4 is 5.32 Å². The molecule has 2 rings (SSSR count). The molecule has 1 amide bonds. The third-order valence-corrected chi connectivity index (χ3v) is 3.16. The Labute approximate surface area is 79.5 Å². The van der Waals surface area contributed by atoms with Crippen LogP contribution in [0, 0.1) is 0 Å². The third kappa shape index (κ3) is 1.85. The van der Waals surface area contributed by atoms with Crippen LogP contribution in [0.15, 0.2) is 0 Å². The van der Waals surface area contributed by atoms with E-state index in [1.54, 1.807) is 0 Å². The molecule has 1 aliphatic carbocycles. The van der Waals surface area contributed by atoms with Gasteiger partial charge in [-0.1, -0.05) is 12.8 Å². The van der Waals surface area contributed by atoms with Crippen molar-refractivity contribution in [2.75, 3.05) is 13.1 Å². The van der Waals surface area contributed by atoms with Gasteiger partial charge in [-0.05, 0) is 19.8 Å². The van der Waals surface area contributed by atoms with Crippen LogP contribution in [0.5, 0.6) is 0 Å². The van der Waals surface area contributed by atoms with Gasteiger partial charge in [0.1, 0.15) is 0 Å². The van der Waals surface area contributed by atoms with Gasteiger partial charge in [-0.3, -0.25) is 4.79 Å². The summed E-state index contributed by atoms with van der Waals surface area (Å²) in [6, 6.07) is 1.02. The summed E-state index contributed by atoms with van der Waals surface area (Å²) in [6.07, 6.45) is 5.05. The molecule has 74 valence electrons. The molecule has 1 aliphatic heterocycles. The van der Waals surface area contributed by atoms with Crippen molar-refractivity contribution in [2.24, 2.45) is 0 Å². The van der Waals surface area contributed by atoms with E-state index >= 15 is 0 Å². The summed E-state index contributed by atoms with van der Waals surface area (Å²) in [5, 5.41) is 3.19. The van der Waals surface area contributed by atoms with Crippen LogP contribution in [0.1, 0.15) is 32.6 Å². The van der Waals surface area contributed by atoms with Crippen molar-refractivity contribution in [2.45, 2.75) is 44.7 Å². The monoisotopic (exact) mass is 182 g/mol. The fourth-order valence-electron chi connectivity index (χ4n) is 2.39. The second-order valence-corrected chi connectivity index (χ2v) is 4.27. The molecular weight excluding hydrogens is 164 g/mol. The lowest BCUT2D eigenvalue weighted by Crippen LogP contribution is -2.55. The first-order valence-electron chi connectivity index (χ1n) is 5.30. The van der Waals surface area contributed by atoms with Gasteiger partial charge in [0.25, 0.3) is 0 Å². The average molecular weight is 182 g/mol. The predicted octanol–water partition coefficient (Wildman–Crippen LogP) is 0.749. The molecule has 1 saturated carbocycles. The Morgan fingerprint density at radius 3 is 2.77 bits per heavy atom. The summed E-state index contributed by atoms with van der Waals surface area (Å²) in [5.74, 6) is 0.296. The molecule has 2 fully saturated rings. The summed E-state index contributed by atoms with van der Waals surface area (Å²) in [6.45, 7) is 3.59. The van der Waals surface area contributed by atoms with Crippen LogP contribution in [0.2, 0.25) is 0 Å². The quantitative estimate of drug-likeness (QED) is 0.649. The molecule has 1 N–H and O–H groups in total. The Morgan fingerprint density at radius 1 is 1.38 bits per heavy atom. The van der Waals surface area contributed by atoms with Crippen molar-refractivity contribution in [3.8, 4) is 0 Å². The minimum absolute atomic E-state index is 0.296. The lowest BCUT2D eigenvalue weighted by Gasteiger charge is -2.36. The van der Waals surface area contributed by atoms with Gasteiger partial charge >= 0.3 is 0 Å². The van der Waals surface area contributed by atoms with Gasteiger partial charge in [-0.15, -0.1) is 0 Å². The van der Waals surface area contributed by atoms with E-state index in [2.05, 4.69) is 17.1 Å². The molecule has 3 heteroatoms. The first kappa shape index (κ1) is 9.00. The molecule has 0 bridgehead atoms. The highest BCUT2D eigenvalue weighted by Crippen LogP contribution is 2.24. The topological polar surface area (TPSA) is 32.3 Å². The van der Waals surface area contributed by atoms with Crippen LogP contribution in [-0.2, 0) is 4.79 Å². The first-order valence-corrected chi connectivity index (χ1v) is 5.30. The number of carbonyl (C=O) groups excluding carboxylic acids is 1. The van der Waals surface area contributed by atoms with Crippen molar-refractivity contribution < 1.29 is 4.79 Å². The van der Waals surface area contributed by atoms with Gasteiger partial charge in [0.15, 0.2) is 0 Å². The van der Waals surface area contributed by atoms with E-state index in [1.165, 1.54) is 25.7 Å². The Morgan fingerprint density at radius 2 is 2.08 bits per heavy atom. The number of nitrogens with zero attached hydrogens (tertiary/aromatic N) is 1. The molecule has 13 heavy (non-hydrogen) atoms. The second-order valence-electron chi connectivity index (χ2n) is 4.27. The standard InChI is InChI=1S/C10H18N2O/c1-8-7-12(10(13)6-11-8)9-4-2-3-5-9/h8-9,11H,2-7H2,1H3/t8-/m0/s1. The fourth-order valence-corrected chi connectivity index (χ4v) is 2.39. The molecular formula is C10H18N2O. The molecule has 0 aromatic carbocycles. The zero-order valence-corrected chi connectivity index (χ0v) is 8.25. The second kappa shape index (κ2) is 3.66. The van der Waals surface area contributed by atoms with Crippen LogP contribution in [0.25, 0.3) is 0 Å². The largest absolute Gasteiger partial charge is 0.337 e. The number of nitrogens with one attached hydrogen (secondary N) is 1. The Balaban J connectivity index is 1.98. The minimum atomic E-state index is 0.296. The van der Waals surface area contributed by atoms with Gasteiger partial charge in [0, 0.05) is 18.6 Å². The van der Waals surface area contributed by atoms with Gasteiger partial charge in [0.05, 0.1) is 6.54 Å². The average Bonchev–Trinajstić information content (AvgIpc) is 2.61. The van der Waals surface area contributed by atoms with E-state index in [1.807, 2.05) is 0 Å². The van der Waals surface area contributed by atoms with Gasteiger partial charge < -0.3 is 10.2 Å². The summed E-state index contributed by atoms with van der Waals surface area (Å²) in [5.41, 5.74) is 0. The van der Waals surface area contributed by atoms with Crippen molar-refractivity contribution in [1.29, 1.82) is 0 Å². The van der Waals surface area contributed by atoms with Crippen molar-refractivity contribution in [1.82, 2.24) is 10.2 Å². The number of rotatable bonds is 1. The highest BCUT2D eigenvalue weighted by molar-refractivity contribution is 5.79. The Hall–Kier alpha value is -0.570. The van der Waals surface area contributed by atoms with Gasteiger partial charge in [0.2, 0.25) is 5.91 Å². The SMILES string of the molecule is C[C@H]1CN(C2CCCC2)C(=O)CN1. The Kier molecular flexibility index (Phi) is 2.54. The van der Waals surface area contributed by atoms with Gasteiger partial charge in [-0.25, -0.2) is 0 Å². The molecule has 1 heterocycles. The first-order chi connectivity index (χ1) is 6.27. The molecule has 3 nitrogen and oxygen atoms in total. The number of amides is 1. The van der Waals surface area contributed by atoms with Crippen molar-refractivity contribution >= 4 is 5.91 Å². The molecule has 2 aliphatic rings. The number of hydrogen-bond donors (Lipinski definition) is 1. The molecule has 1 atom stereocenters. The molecule has 0 unspecified atom stereocenters. The number of piperazine rings is 1. The maximum absolute atomic E-state index is 11.6. The zero-order valence-electron chi connectivity index (χ0n) is 8.25. The lowest BCUT2D eigenvalue weighted by atomic mass is 10.1. The minimum Gasteiger partial charge on any atom is -0.337 e. The maximum atomic E-state index is 11.6. The predicted molar refractivity (Wildman–Crippen MR) is 51.4 cm³/mol. The summed E-state index contributed by atoms with van der Waals surface area (Å²) < 4.78 is 0. The molecule has 0 aromatic heterocycles. The van der Waals surface area contributed by atoms with Crippen LogP contribution in [0.3, 0.4) is 0 Å². The maximum Gasteiger partial charge on any atom is 0.236 e. The highest BCUT2D eigenvalue weighted by Gasteiger charge is 2.30. The summed E-state index contributed by atoms with van der Waals surface area (Å²) in [7, 11) is 0. The highest BCUT2D eigenvalue weighted by atomic mass is 16.2. The van der Waals surface area contributed by atoms with Crippen LogP contribution in [0.4, 0.5) is 0 Å². The van der Waals surface area contributed by atoms with Crippen molar-refractivity contribution in [3.05, 3.63) is 0 Å². The van der Waals surface area contributed by atoms with E-state index in [4.69, 9.17) is 0 Å². The smallest absolute Gasteiger partial charge is 0.236 e. The van der Waals surface area contributed by atoms with Gasteiger partial charge in [-0.2, -0.15) is 0 Å². The van der Waals surface area contributed by atoms with Crippen LogP contribution in [-0.4, -0.2) is 36.0 Å². The van der Waals surface area contributed by atoms with E-state index < -0.39 is 0 Å². The molecule has 1 saturated heterocycles. The van der Waals surface area contributed by atoms with E-state index in [0.717, 1.165) is 6.54 Å². The van der Waals surface area contributed by atoms with Crippen molar-refractivity contribution in [3.63, 3.8) is 0 Å². The Bertz CT molecular complexity index is 199. The zero-order chi connectivity index (χ0) is 9.26. The summed E-state index contributed by atoms with van der Waals surface area (Å²) >= 11 is 0. The molecule has 0 spiro atoms. The number of carbonyl (C=O) groups is 1. The lowest BCUT2D eigenvalue weighted by molar-refractivity contribution is -0.135. The molecule has 0 aromatic rings. The normalized spacial score (nSPS) is 31.3. The van der Waals surface area contributed by atoms with E-state index in [-0.39, 0.29) is 0 Å². The fraction of sp³-hybridized carbons (Fsp3) is 0.900.